The number of ether oxygens (including phenoxy) is 2. The van der Waals surface area contributed by atoms with E-state index in [9.17, 15) is 22.0 Å². The van der Waals surface area contributed by atoms with Crippen molar-refractivity contribution in [1.29, 1.82) is 0 Å². The summed E-state index contributed by atoms with van der Waals surface area (Å²) in [6, 6.07) is 3.25. The van der Waals surface area contributed by atoms with E-state index in [0.29, 0.717) is 30.4 Å². The average molecular weight is 489 g/mol. The number of aromatic nitrogens is 3. The quantitative estimate of drug-likeness (QED) is 0.577. The molecule has 0 bridgehead atoms. The number of pyridine rings is 1. The van der Waals surface area contributed by atoms with Gasteiger partial charge in [-0.05, 0) is 32.3 Å². The maximum absolute atomic E-state index is 13.0. The maximum Gasteiger partial charge on any atom is 0.287 e. The second kappa shape index (κ2) is 9.49. The van der Waals surface area contributed by atoms with Crippen molar-refractivity contribution < 1.29 is 31.5 Å². The highest BCUT2D eigenvalue weighted by Gasteiger charge is 2.35. The highest BCUT2D eigenvalue weighted by molar-refractivity contribution is 7.91. The van der Waals surface area contributed by atoms with Gasteiger partial charge >= 0.3 is 0 Å². The van der Waals surface area contributed by atoms with Gasteiger partial charge in [0.1, 0.15) is 28.6 Å². The first-order chi connectivity index (χ1) is 15.3. The van der Waals surface area contributed by atoms with Crippen molar-refractivity contribution in [3.8, 4) is 5.88 Å². The van der Waals surface area contributed by atoms with Gasteiger partial charge in [0, 0.05) is 25.6 Å². The zero-order valence-corrected chi connectivity index (χ0v) is 20.0. The lowest BCUT2D eigenvalue weighted by molar-refractivity contribution is -0.0956. The average Bonchev–Trinajstić information content (AvgIpc) is 3.06. The van der Waals surface area contributed by atoms with Crippen molar-refractivity contribution in [3.63, 3.8) is 0 Å². The molecule has 2 aromatic heterocycles. The molecule has 1 saturated heterocycles. The Morgan fingerprint density at radius 1 is 1.30 bits per heavy atom. The van der Waals surface area contributed by atoms with Crippen molar-refractivity contribution in [1.82, 2.24) is 19.9 Å². The van der Waals surface area contributed by atoms with Crippen molar-refractivity contribution >= 4 is 26.9 Å². The second-order valence-electron chi connectivity index (χ2n) is 8.88. The van der Waals surface area contributed by atoms with Gasteiger partial charge in [0.2, 0.25) is 11.7 Å². The van der Waals surface area contributed by atoms with Crippen LogP contribution in [0.15, 0.2) is 12.1 Å². The van der Waals surface area contributed by atoms with Crippen LogP contribution in [-0.2, 0) is 21.6 Å². The molecule has 0 radical (unpaired) electrons. The molecule has 0 aliphatic carbocycles. The van der Waals surface area contributed by atoms with Crippen LogP contribution in [0.5, 0.6) is 5.88 Å². The Kier molecular flexibility index (Phi) is 7.27. The largest absolute Gasteiger partial charge is 0.475 e. The summed E-state index contributed by atoms with van der Waals surface area (Å²) in [6.07, 6.45) is 0.660. The number of hydrogen-bond acceptors (Lipinski definition) is 7. The molecule has 1 N–H and O–H groups in total. The molecule has 1 amide bonds. The topological polar surface area (TPSA) is 112 Å². The minimum absolute atomic E-state index is 0.0347. The predicted molar refractivity (Wildman–Crippen MR) is 118 cm³/mol. The third-order valence-electron chi connectivity index (χ3n) is 5.68. The Labute approximate surface area is 191 Å². The summed E-state index contributed by atoms with van der Waals surface area (Å²) in [5, 5.41) is 2.92. The molecule has 1 fully saturated rings. The van der Waals surface area contributed by atoms with E-state index in [-0.39, 0.29) is 29.8 Å². The Bertz CT molecular complexity index is 1100. The lowest BCUT2D eigenvalue weighted by Gasteiger charge is -2.34. The van der Waals surface area contributed by atoms with E-state index in [1.807, 2.05) is 13.8 Å². The Balaban J connectivity index is 1.69. The van der Waals surface area contributed by atoms with Gasteiger partial charge in [0.25, 0.3) is 11.8 Å². The number of carbonyl (C=O) groups excluding carboxylic acids is 1. The van der Waals surface area contributed by atoms with E-state index in [4.69, 9.17) is 9.47 Å². The molecule has 3 rings (SSSR count). The smallest absolute Gasteiger partial charge is 0.287 e. The molecule has 184 valence electrons. The summed E-state index contributed by atoms with van der Waals surface area (Å²) in [7, 11) is -1.41. The van der Waals surface area contributed by atoms with Gasteiger partial charge in [0.15, 0.2) is 5.65 Å². The van der Waals surface area contributed by atoms with Crippen LogP contribution in [0.2, 0.25) is 0 Å². The summed E-state index contributed by atoms with van der Waals surface area (Å²) in [5.41, 5.74) is 0.274. The summed E-state index contributed by atoms with van der Waals surface area (Å²) in [4.78, 5) is 21.6. The molecule has 3 heterocycles. The fourth-order valence-corrected chi connectivity index (χ4v) is 5.23. The molecule has 12 heteroatoms. The van der Waals surface area contributed by atoms with Crippen LogP contribution in [0.1, 0.15) is 50.7 Å². The number of amides is 1. The van der Waals surface area contributed by atoms with E-state index in [2.05, 4.69) is 15.3 Å². The number of nitrogens with zero attached hydrogens (tertiary/aromatic N) is 3. The molecule has 2 aromatic rings. The Hall–Kier alpha value is -2.34. The zero-order chi connectivity index (χ0) is 24.4. The van der Waals surface area contributed by atoms with Crippen LogP contribution in [0.4, 0.5) is 8.78 Å². The lowest BCUT2D eigenvalue weighted by atomic mass is 9.95. The van der Waals surface area contributed by atoms with Crippen LogP contribution in [0.25, 0.3) is 11.2 Å². The van der Waals surface area contributed by atoms with Gasteiger partial charge in [-0.2, -0.15) is 4.98 Å². The molecule has 1 aliphatic heterocycles. The van der Waals surface area contributed by atoms with E-state index in [0.717, 1.165) is 6.92 Å². The molecule has 1 unspecified atom stereocenters. The van der Waals surface area contributed by atoms with Gasteiger partial charge in [-0.1, -0.05) is 6.92 Å². The first-order valence-electron chi connectivity index (χ1n) is 10.8. The van der Waals surface area contributed by atoms with Gasteiger partial charge in [-0.25, -0.2) is 22.2 Å². The van der Waals surface area contributed by atoms with Crippen LogP contribution >= 0.6 is 0 Å². The summed E-state index contributed by atoms with van der Waals surface area (Å²) < 4.78 is 61.8. The number of halogens is 2. The monoisotopic (exact) mass is 488 g/mol. The number of aryl methyl sites for hydroxylation is 1. The normalized spacial score (nSPS) is 18.7. The Morgan fingerprint density at radius 2 is 1.97 bits per heavy atom. The van der Waals surface area contributed by atoms with Crippen LogP contribution < -0.4 is 10.1 Å². The van der Waals surface area contributed by atoms with Crippen molar-refractivity contribution in [2.45, 2.75) is 57.6 Å². The van der Waals surface area contributed by atoms with E-state index >= 15 is 0 Å². The van der Waals surface area contributed by atoms with Crippen molar-refractivity contribution in [3.05, 3.63) is 18.0 Å². The number of imidazole rings is 1. The predicted octanol–water partition coefficient (Wildman–Crippen LogP) is 2.49. The van der Waals surface area contributed by atoms with Gasteiger partial charge < -0.3 is 19.4 Å². The number of fused-ring (bicyclic) bond motifs is 1. The standard InChI is InChI=1S/C21H30F2N4O5S/c1-5-14(32-13-21(3,22)23)12-31-16-7-6-15-17(25-16)27(4)18(24-15)19(28)26-20(2)8-10-33(29,30)11-9-20/h6-7,14H,5,8-13H2,1-4H3,(H,26,28). The van der Waals surface area contributed by atoms with Crippen LogP contribution in [0.3, 0.4) is 0 Å². The minimum Gasteiger partial charge on any atom is -0.475 e. The number of rotatable bonds is 9. The first-order valence-corrected chi connectivity index (χ1v) is 12.6. The van der Waals surface area contributed by atoms with Crippen molar-refractivity contribution in [2.75, 3.05) is 24.7 Å². The molecule has 1 atom stereocenters. The third-order valence-corrected chi connectivity index (χ3v) is 7.34. The number of nitrogens with one attached hydrogen (secondary N) is 1. The molecule has 0 spiro atoms. The SMILES string of the molecule is CCC(COc1ccc2nc(C(=O)NC3(C)CCS(=O)(=O)CC3)n(C)c2n1)OCC(C)(F)F. The van der Waals surface area contributed by atoms with Crippen molar-refractivity contribution in [2.24, 2.45) is 7.05 Å². The van der Waals surface area contributed by atoms with Crippen LogP contribution in [-0.4, -0.2) is 71.1 Å². The molecule has 9 nitrogen and oxygen atoms in total. The molecule has 1 aliphatic rings. The van der Waals surface area contributed by atoms with Gasteiger partial charge in [-0.3, -0.25) is 4.79 Å². The lowest BCUT2D eigenvalue weighted by Crippen LogP contribution is -2.51. The van der Waals surface area contributed by atoms with E-state index < -0.39 is 39.9 Å². The molecular formula is C21H30F2N4O5S. The number of sulfone groups is 1. The first kappa shape index (κ1) is 25.3. The zero-order valence-electron chi connectivity index (χ0n) is 19.2. The number of hydrogen-bond donors (Lipinski definition) is 1. The van der Waals surface area contributed by atoms with E-state index in [1.54, 1.807) is 19.2 Å². The number of carbonyl (C=O) groups is 1. The number of alkyl halides is 2. The fourth-order valence-electron chi connectivity index (χ4n) is 3.50. The summed E-state index contributed by atoms with van der Waals surface area (Å²) in [5.74, 6) is -2.87. The molecule has 0 aromatic carbocycles. The molecule has 0 saturated carbocycles. The maximum atomic E-state index is 13.0. The highest BCUT2D eigenvalue weighted by atomic mass is 32.2. The van der Waals surface area contributed by atoms with Gasteiger partial charge in [0.05, 0.1) is 17.6 Å². The van der Waals surface area contributed by atoms with Crippen LogP contribution in [0, 0.1) is 0 Å². The summed E-state index contributed by atoms with van der Waals surface area (Å²) >= 11 is 0. The van der Waals surface area contributed by atoms with E-state index in [1.165, 1.54) is 4.57 Å². The highest BCUT2D eigenvalue weighted by Crippen LogP contribution is 2.24. The molecular weight excluding hydrogens is 458 g/mol. The van der Waals surface area contributed by atoms with Gasteiger partial charge in [-0.15, -0.1) is 0 Å². The summed E-state index contributed by atoms with van der Waals surface area (Å²) in [6.45, 7) is 3.80. The second-order valence-corrected chi connectivity index (χ2v) is 11.2. The third kappa shape index (κ3) is 6.59. The minimum atomic E-state index is -3.05. The Morgan fingerprint density at radius 3 is 2.58 bits per heavy atom. The molecule has 33 heavy (non-hydrogen) atoms. The fraction of sp³-hybridized carbons (Fsp3) is 0.667.